The monoisotopic (exact) mass is 362 g/mol. The van der Waals surface area contributed by atoms with Crippen LogP contribution in [0.5, 0.6) is 0 Å². The number of nitrogens with one attached hydrogen (secondary N) is 1. The maximum Gasteiger partial charge on any atom is 0.416 e. The third-order valence-electron chi connectivity index (χ3n) is 3.97. The number of halogens is 3. The molecule has 0 aliphatic heterocycles. The predicted octanol–water partition coefficient (Wildman–Crippen LogP) is 4.02. The molecule has 1 aromatic carbocycles. The van der Waals surface area contributed by atoms with Gasteiger partial charge in [-0.2, -0.15) is 13.2 Å². The van der Waals surface area contributed by atoms with E-state index in [0.717, 1.165) is 12.1 Å². The van der Waals surface area contributed by atoms with Crippen molar-refractivity contribution in [3.05, 3.63) is 65.7 Å². The van der Waals surface area contributed by atoms with E-state index in [1.54, 1.807) is 28.9 Å². The summed E-state index contributed by atoms with van der Waals surface area (Å²) in [5.41, 5.74) is -0.157. The lowest BCUT2D eigenvalue weighted by Gasteiger charge is -2.19. The molecule has 1 amide bonds. The molecule has 0 saturated heterocycles. The molecule has 1 N–H and O–H groups in total. The van der Waals surface area contributed by atoms with Crippen molar-refractivity contribution in [2.75, 3.05) is 0 Å². The summed E-state index contributed by atoms with van der Waals surface area (Å²) in [5, 5.41) is 2.78. The Morgan fingerprint density at radius 1 is 1.31 bits per heavy atom. The number of hydrogen-bond acceptors (Lipinski definition) is 3. The second-order valence-electron chi connectivity index (χ2n) is 5.89. The number of aromatic nitrogens is 3. The minimum atomic E-state index is -4.43. The average molecular weight is 362 g/mol. The van der Waals surface area contributed by atoms with Crippen LogP contribution in [0.4, 0.5) is 13.2 Å². The average Bonchev–Trinajstić information content (AvgIpc) is 3.05. The molecular weight excluding hydrogens is 345 g/mol. The van der Waals surface area contributed by atoms with Crippen LogP contribution in [-0.2, 0) is 6.18 Å². The molecular formula is C18H17F3N4O. The third-order valence-corrected chi connectivity index (χ3v) is 3.97. The molecule has 0 saturated carbocycles. The summed E-state index contributed by atoms with van der Waals surface area (Å²) in [6.07, 6.45) is 1.60. The van der Waals surface area contributed by atoms with Crippen LogP contribution in [0.15, 0.2) is 48.9 Å². The maximum atomic E-state index is 13.0. The Balaban J connectivity index is 1.85. The van der Waals surface area contributed by atoms with E-state index in [1.165, 1.54) is 12.3 Å². The van der Waals surface area contributed by atoms with E-state index in [1.807, 2.05) is 6.92 Å². The molecule has 2 aromatic heterocycles. The van der Waals surface area contributed by atoms with E-state index in [0.29, 0.717) is 24.2 Å². The first-order valence-corrected chi connectivity index (χ1v) is 8.16. The number of amides is 1. The maximum absolute atomic E-state index is 13.0. The number of fused-ring (bicyclic) bond motifs is 1. The fourth-order valence-corrected chi connectivity index (χ4v) is 2.71. The van der Waals surface area contributed by atoms with Crippen LogP contribution < -0.4 is 5.32 Å². The van der Waals surface area contributed by atoms with Crippen molar-refractivity contribution in [2.45, 2.75) is 32.0 Å². The highest BCUT2D eigenvalue weighted by Gasteiger charge is 2.31. The molecule has 5 nitrogen and oxygen atoms in total. The van der Waals surface area contributed by atoms with Crippen molar-refractivity contribution < 1.29 is 18.0 Å². The van der Waals surface area contributed by atoms with Crippen LogP contribution >= 0.6 is 0 Å². The summed E-state index contributed by atoms with van der Waals surface area (Å²) in [6, 6.07) is 6.20. The van der Waals surface area contributed by atoms with Gasteiger partial charge in [0.05, 0.1) is 11.6 Å². The number of nitrogens with zero attached hydrogens (tertiary/aromatic N) is 3. The minimum absolute atomic E-state index is 0.164. The Labute approximate surface area is 147 Å². The van der Waals surface area contributed by atoms with E-state index in [-0.39, 0.29) is 5.69 Å². The zero-order chi connectivity index (χ0) is 18.7. The van der Waals surface area contributed by atoms with Crippen molar-refractivity contribution >= 4 is 11.7 Å². The van der Waals surface area contributed by atoms with Crippen LogP contribution in [0.25, 0.3) is 5.78 Å². The van der Waals surface area contributed by atoms with Crippen molar-refractivity contribution in [3.63, 3.8) is 0 Å². The zero-order valence-electron chi connectivity index (χ0n) is 14.0. The molecule has 0 bridgehead atoms. The summed E-state index contributed by atoms with van der Waals surface area (Å²) >= 11 is 0. The van der Waals surface area contributed by atoms with E-state index < -0.39 is 23.7 Å². The van der Waals surface area contributed by atoms with Crippen LogP contribution in [0.3, 0.4) is 0 Å². The molecule has 0 aliphatic rings. The molecule has 0 radical (unpaired) electrons. The highest BCUT2D eigenvalue weighted by atomic mass is 19.4. The van der Waals surface area contributed by atoms with Gasteiger partial charge in [-0.1, -0.05) is 25.5 Å². The standard InChI is InChI=1S/C18H17F3N4O/c1-2-5-14(12-6-3-7-13(10-12)18(19,20)21)23-16(26)15-11-25-9-4-8-22-17(25)24-15/h3-4,6-11,14H,2,5H2,1H3,(H,23,26). The third kappa shape index (κ3) is 3.84. The predicted molar refractivity (Wildman–Crippen MR) is 89.5 cm³/mol. The summed E-state index contributed by atoms with van der Waals surface area (Å²) < 4.78 is 40.5. The van der Waals surface area contributed by atoms with Gasteiger partial charge in [0.25, 0.3) is 5.91 Å². The lowest BCUT2D eigenvalue weighted by molar-refractivity contribution is -0.137. The zero-order valence-corrected chi connectivity index (χ0v) is 14.0. The highest BCUT2D eigenvalue weighted by molar-refractivity contribution is 5.93. The number of carbonyl (C=O) groups is 1. The van der Waals surface area contributed by atoms with Gasteiger partial charge in [0, 0.05) is 18.6 Å². The smallest absolute Gasteiger partial charge is 0.344 e. The first-order chi connectivity index (χ1) is 12.4. The fraction of sp³-hybridized carbons (Fsp3) is 0.278. The Bertz CT molecular complexity index is 887. The van der Waals surface area contributed by atoms with Crippen molar-refractivity contribution in [1.82, 2.24) is 19.7 Å². The molecule has 0 spiro atoms. The van der Waals surface area contributed by atoms with Gasteiger partial charge in [0.15, 0.2) is 0 Å². The van der Waals surface area contributed by atoms with E-state index in [9.17, 15) is 18.0 Å². The summed E-state index contributed by atoms with van der Waals surface area (Å²) in [7, 11) is 0. The van der Waals surface area contributed by atoms with Gasteiger partial charge in [0.2, 0.25) is 5.78 Å². The molecule has 1 unspecified atom stereocenters. The van der Waals surface area contributed by atoms with Crippen LogP contribution in [0.2, 0.25) is 0 Å². The Morgan fingerprint density at radius 3 is 2.81 bits per heavy atom. The second-order valence-corrected chi connectivity index (χ2v) is 5.89. The summed E-state index contributed by atoms with van der Waals surface area (Å²) in [4.78, 5) is 20.7. The van der Waals surface area contributed by atoms with Gasteiger partial charge in [-0.15, -0.1) is 0 Å². The Hall–Kier alpha value is -2.90. The van der Waals surface area contributed by atoms with Crippen molar-refractivity contribution in [3.8, 4) is 0 Å². The number of alkyl halides is 3. The van der Waals surface area contributed by atoms with Gasteiger partial charge in [-0.05, 0) is 30.2 Å². The number of rotatable bonds is 5. The quantitative estimate of drug-likeness (QED) is 0.746. The topological polar surface area (TPSA) is 59.3 Å². The molecule has 0 fully saturated rings. The first-order valence-electron chi connectivity index (χ1n) is 8.16. The molecule has 8 heteroatoms. The lowest BCUT2D eigenvalue weighted by atomic mass is 9.99. The van der Waals surface area contributed by atoms with Gasteiger partial charge in [-0.3, -0.25) is 9.20 Å². The number of hydrogen-bond donors (Lipinski definition) is 1. The van der Waals surface area contributed by atoms with Crippen molar-refractivity contribution in [1.29, 1.82) is 0 Å². The number of benzene rings is 1. The Kier molecular flexibility index (Phi) is 4.92. The molecule has 3 rings (SSSR count). The van der Waals surface area contributed by atoms with Crippen LogP contribution in [0, 0.1) is 0 Å². The van der Waals surface area contributed by atoms with Gasteiger partial charge in [0.1, 0.15) is 5.69 Å². The van der Waals surface area contributed by atoms with Gasteiger partial charge < -0.3 is 5.32 Å². The number of carbonyl (C=O) groups excluding carboxylic acids is 1. The number of imidazole rings is 1. The van der Waals surface area contributed by atoms with Crippen LogP contribution in [-0.4, -0.2) is 20.3 Å². The molecule has 136 valence electrons. The highest BCUT2D eigenvalue weighted by Crippen LogP contribution is 2.31. The molecule has 0 aliphatic carbocycles. The summed E-state index contributed by atoms with van der Waals surface area (Å²) in [6.45, 7) is 1.90. The Morgan fingerprint density at radius 2 is 2.12 bits per heavy atom. The lowest BCUT2D eigenvalue weighted by Crippen LogP contribution is -2.29. The molecule has 3 aromatic rings. The molecule has 1 atom stereocenters. The van der Waals surface area contributed by atoms with E-state index >= 15 is 0 Å². The second kappa shape index (κ2) is 7.15. The van der Waals surface area contributed by atoms with E-state index in [2.05, 4.69) is 15.3 Å². The van der Waals surface area contributed by atoms with Gasteiger partial charge >= 0.3 is 6.18 Å². The van der Waals surface area contributed by atoms with Crippen LogP contribution in [0.1, 0.15) is 47.4 Å². The first kappa shape index (κ1) is 17.9. The van der Waals surface area contributed by atoms with Crippen molar-refractivity contribution in [2.24, 2.45) is 0 Å². The normalized spacial score (nSPS) is 12.9. The summed E-state index contributed by atoms with van der Waals surface area (Å²) in [5.74, 6) is -0.0740. The van der Waals surface area contributed by atoms with E-state index in [4.69, 9.17) is 0 Å². The van der Waals surface area contributed by atoms with Gasteiger partial charge in [-0.25, -0.2) is 9.97 Å². The molecule has 2 heterocycles. The fourth-order valence-electron chi connectivity index (χ4n) is 2.71. The SMILES string of the molecule is CCCC(NC(=O)c1cn2cccnc2n1)c1cccc(C(F)(F)F)c1. The largest absolute Gasteiger partial charge is 0.416 e. The minimum Gasteiger partial charge on any atom is -0.344 e. The molecule has 26 heavy (non-hydrogen) atoms.